The molecule has 35 heavy (non-hydrogen) atoms. The van der Waals surface area contributed by atoms with Gasteiger partial charge in [0.2, 0.25) is 0 Å². The number of carbonyl (C=O) groups excluding carboxylic acids is 2. The van der Waals surface area contributed by atoms with Crippen molar-refractivity contribution in [2.24, 2.45) is 0 Å². The van der Waals surface area contributed by atoms with Crippen LogP contribution in [0.25, 0.3) is 10.9 Å². The third-order valence-electron chi connectivity index (χ3n) is 7.62. The molecule has 0 unspecified atom stereocenters. The molecule has 2 aliphatic rings. The number of aromatic amines is 1. The Bertz CT molecular complexity index is 1320. The molecule has 8 heteroatoms. The summed E-state index contributed by atoms with van der Waals surface area (Å²) < 4.78 is 5.46. The average Bonchev–Trinajstić information content (AvgIpc) is 3.27. The van der Waals surface area contributed by atoms with E-state index in [0.717, 1.165) is 33.5 Å². The Morgan fingerprint density at radius 2 is 2.00 bits per heavy atom. The van der Waals surface area contributed by atoms with E-state index < -0.39 is 11.6 Å². The quantitative estimate of drug-likeness (QED) is 0.527. The minimum Gasteiger partial charge on any atom is -0.508 e. The van der Waals surface area contributed by atoms with Crippen molar-refractivity contribution in [1.82, 2.24) is 19.7 Å². The number of hydrogen-bond acceptors (Lipinski definition) is 5. The summed E-state index contributed by atoms with van der Waals surface area (Å²) >= 11 is 0. The largest absolute Gasteiger partial charge is 0.508 e. The number of fused-ring (bicyclic) bond motifs is 4. The van der Waals surface area contributed by atoms with Gasteiger partial charge in [0.25, 0.3) is 5.91 Å². The molecule has 5 rings (SSSR count). The number of benzene rings is 2. The SMILES string of the molecule is COc1ccc2[nH]c3c(c2c1)C[C@@]1(C)C(=O)N(CCN(C)C(C)C)C(=O)N1[C@@H]3c1cccc(O)c1. The van der Waals surface area contributed by atoms with Crippen molar-refractivity contribution >= 4 is 22.8 Å². The molecule has 0 saturated carbocycles. The zero-order chi connectivity index (χ0) is 25.1. The van der Waals surface area contributed by atoms with Crippen molar-refractivity contribution in [2.75, 3.05) is 27.2 Å². The summed E-state index contributed by atoms with van der Waals surface area (Å²) in [5.74, 6) is 0.656. The van der Waals surface area contributed by atoms with Crippen molar-refractivity contribution in [1.29, 1.82) is 0 Å². The maximum Gasteiger partial charge on any atom is 0.328 e. The van der Waals surface area contributed by atoms with Crippen LogP contribution in [0.15, 0.2) is 42.5 Å². The minimum atomic E-state index is -1.05. The van der Waals surface area contributed by atoms with Crippen LogP contribution in [0.1, 0.15) is 43.6 Å². The molecule has 8 nitrogen and oxygen atoms in total. The first-order valence-electron chi connectivity index (χ1n) is 12.0. The van der Waals surface area contributed by atoms with Gasteiger partial charge in [-0.3, -0.25) is 14.6 Å². The number of aromatic nitrogens is 1. The highest BCUT2D eigenvalue weighted by atomic mass is 16.5. The number of imide groups is 1. The molecule has 1 aromatic heterocycles. The van der Waals surface area contributed by atoms with Gasteiger partial charge in [0.1, 0.15) is 23.1 Å². The topological polar surface area (TPSA) is 89.1 Å². The van der Waals surface area contributed by atoms with Gasteiger partial charge in [-0.05, 0) is 69.3 Å². The van der Waals surface area contributed by atoms with E-state index in [1.165, 1.54) is 4.90 Å². The van der Waals surface area contributed by atoms with E-state index in [9.17, 15) is 14.7 Å². The normalized spacial score (nSPS) is 21.9. The number of H-pyrrole nitrogens is 1. The Hall–Kier alpha value is -3.52. The lowest BCUT2D eigenvalue weighted by atomic mass is 9.81. The number of aromatic hydroxyl groups is 1. The predicted octanol–water partition coefficient (Wildman–Crippen LogP) is 3.89. The highest BCUT2D eigenvalue weighted by Crippen LogP contribution is 2.49. The van der Waals surface area contributed by atoms with E-state index in [-0.39, 0.29) is 17.7 Å². The lowest BCUT2D eigenvalue weighted by Crippen LogP contribution is -2.53. The predicted molar refractivity (Wildman–Crippen MR) is 134 cm³/mol. The number of amides is 3. The number of nitrogens with one attached hydrogen (secondary N) is 1. The first-order valence-corrected chi connectivity index (χ1v) is 12.0. The van der Waals surface area contributed by atoms with E-state index in [4.69, 9.17) is 4.74 Å². The van der Waals surface area contributed by atoms with Crippen LogP contribution in [0.3, 0.4) is 0 Å². The smallest absolute Gasteiger partial charge is 0.328 e. The van der Waals surface area contributed by atoms with Gasteiger partial charge in [-0.1, -0.05) is 12.1 Å². The summed E-state index contributed by atoms with van der Waals surface area (Å²) in [7, 11) is 3.62. The van der Waals surface area contributed by atoms with E-state index in [1.54, 1.807) is 30.2 Å². The number of ether oxygens (including phenoxy) is 1. The first-order chi connectivity index (χ1) is 16.7. The fourth-order valence-corrected chi connectivity index (χ4v) is 5.37. The van der Waals surface area contributed by atoms with Gasteiger partial charge >= 0.3 is 6.03 Å². The van der Waals surface area contributed by atoms with Crippen molar-refractivity contribution in [3.8, 4) is 11.5 Å². The molecule has 2 N–H and O–H groups in total. The lowest BCUT2D eigenvalue weighted by molar-refractivity contribution is -0.133. The van der Waals surface area contributed by atoms with Crippen LogP contribution in [-0.2, 0) is 11.2 Å². The highest BCUT2D eigenvalue weighted by molar-refractivity contribution is 6.08. The van der Waals surface area contributed by atoms with Crippen LogP contribution in [0.5, 0.6) is 11.5 Å². The molecule has 2 aliphatic heterocycles. The highest BCUT2D eigenvalue weighted by Gasteiger charge is 2.60. The number of hydrogen-bond donors (Lipinski definition) is 2. The zero-order valence-electron chi connectivity index (χ0n) is 20.8. The van der Waals surface area contributed by atoms with E-state index >= 15 is 0 Å². The summed E-state index contributed by atoms with van der Waals surface area (Å²) in [6.07, 6.45) is 0.395. The summed E-state index contributed by atoms with van der Waals surface area (Å²) in [4.78, 5) is 36.4. The number of carbonyl (C=O) groups is 2. The molecule has 1 saturated heterocycles. The van der Waals surface area contributed by atoms with Crippen molar-refractivity contribution in [3.05, 3.63) is 59.3 Å². The maximum absolute atomic E-state index is 13.8. The van der Waals surface area contributed by atoms with E-state index in [2.05, 4.69) is 23.7 Å². The molecule has 0 radical (unpaired) electrons. The number of likely N-dealkylation sites (N-methyl/N-ethyl adjacent to an activating group) is 1. The van der Waals surface area contributed by atoms with E-state index in [0.29, 0.717) is 25.6 Å². The Morgan fingerprint density at radius 1 is 1.23 bits per heavy atom. The van der Waals surface area contributed by atoms with E-state index in [1.807, 2.05) is 38.2 Å². The van der Waals surface area contributed by atoms with Gasteiger partial charge in [0.05, 0.1) is 7.11 Å². The summed E-state index contributed by atoms with van der Waals surface area (Å²) in [5, 5.41) is 11.2. The van der Waals surface area contributed by atoms with Crippen LogP contribution >= 0.6 is 0 Å². The second kappa shape index (κ2) is 8.30. The minimum absolute atomic E-state index is 0.113. The fourth-order valence-electron chi connectivity index (χ4n) is 5.37. The van der Waals surface area contributed by atoms with Gasteiger partial charge in [-0.25, -0.2) is 4.79 Å². The Labute approximate surface area is 205 Å². The number of phenols is 1. The number of urea groups is 1. The zero-order valence-corrected chi connectivity index (χ0v) is 20.8. The number of rotatable bonds is 6. The van der Waals surface area contributed by atoms with Crippen LogP contribution in [0, 0.1) is 0 Å². The Balaban J connectivity index is 1.66. The average molecular weight is 477 g/mol. The number of phenolic OH excluding ortho intramolecular Hbond substituents is 1. The lowest BCUT2D eigenvalue weighted by Gasteiger charge is -2.42. The second-order valence-corrected chi connectivity index (χ2v) is 10.1. The van der Waals surface area contributed by atoms with Gasteiger partial charge in [0, 0.05) is 42.1 Å². The first kappa shape index (κ1) is 23.2. The molecular formula is C27H32N4O4. The van der Waals surface area contributed by atoms with Crippen molar-refractivity contribution < 1.29 is 19.4 Å². The van der Waals surface area contributed by atoms with Crippen molar-refractivity contribution in [3.63, 3.8) is 0 Å². The molecule has 2 aromatic carbocycles. The monoisotopic (exact) mass is 476 g/mol. The van der Waals surface area contributed by atoms with Gasteiger partial charge in [-0.2, -0.15) is 0 Å². The molecular weight excluding hydrogens is 444 g/mol. The summed E-state index contributed by atoms with van der Waals surface area (Å²) in [6.45, 7) is 6.95. The van der Waals surface area contributed by atoms with Crippen LogP contribution in [0.2, 0.25) is 0 Å². The molecule has 3 amide bonds. The molecule has 184 valence electrons. The standard InChI is InChI=1S/C27H32N4O4/c1-16(2)29(4)11-12-30-25(33)27(3)15-21-20-14-19(35-5)9-10-22(20)28-23(21)24(31(27)26(30)34)17-7-6-8-18(32)13-17/h6-10,13-14,16,24,28,32H,11-12,15H2,1-5H3/t24-,27+/m1/s1. The third kappa shape index (κ3) is 3.55. The molecule has 3 heterocycles. The van der Waals surface area contributed by atoms with Crippen LogP contribution in [0.4, 0.5) is 4.79 Å². The summed E-state index contributed by atoms with van der Waals surface area (Å²) in [5.41, 5.74) is 2.47. The molecule has 0 bridgehead atoms. The third-order valence-corrected chi connectivity index (χ3v) is 7.62. The molecule has 0 aliphatic carbocycles. The van der Waals surface area contributed by atoms with Gasteiger partial charge in [-0.15, -0.1) is 0 Å². The molecule has 0 spiro atoms. The molecule has 1 fully saturated rings. The Kier molecular flexibility index (Phi) is 5.51. The molecule has 2 atom stereocenters. The van der Waals surface area contributed by atoms with Crippen molar-refractivity contribution in [2.45, 2.75) is 44.8 Å². The number of methoxy groups -OCH3 is 1. The maximum atomic E-state index is 13.8. The van der Waals surface area contributed by atoms with Crippen LogP contribution < -0.4 is 4.74 Å². The second-order valence-electron chi connectivity index (χ2n) is 10.1. The van der Waals surface area contributed by atoms with Gasteiger partial charge < -0.3 is 19.7 Å². The summed E-state index contributed by atoms with van der Waals surface area (Å²) in [6, 6.07) is 12.2. The van der Waals surface area contributed by atoms with Gasteiger partial charge in [0.15, 0.2) is 0 Å². The number of nitrogens with zero attached hydrogens (tertiary/aromatic N) is 3. The van der Waals surface area contributed by atoms with Crippen LogP contribution in [-0.4, -0.2) is 75.6 Å². The fraction of sp³-hybridized carbons (Fsp3) is 0.407. The molecule has 3 aromatic rings. The Morgan fingerprint density at radius 3 is 2.69 bits per heavy atom.